The molecule has 0 fully saturated rings. The molecule has 0 spiro atoms. The van der Waals surface area contributed by atoms with Gasteiger partial charge >= 0.3 is 0 Å². The third-order valence-electron chi connectivity index (χ3n) is 2.82. The van der Waals surface area contributed by atoms with Crippen molar-refractivity contribution in [2.24, 2.45) is 11.5 Å². The van der Waals surface area contributed by atoms with Crippen molar-refractivity contribution in [3.8, 4) is 0 Å². The van der Waals surface area contributed by atoms with Gasteiger partial charge in [-0.05, 0) is 46.3 Å². The Morgan fingerprint density at radius 1 is 1.33 bits per heavy atom. The minimum absolute atomic E-state index is 0.0729. The van der Waals surface area contributed by atoms with Gasteiger partial charge < -0.3 is 21.5 Å². The van der Waals surface area contributed by atoms with Gasteiger partial charge in [-0.3, -0.25) is 4.79 Å². The molecule has 0 rings (SSSR count). The van der Waals surface area contributed by atoms with Crippen molar-refractivity contribution in [1.29, 1.82) is 0 Å². The number of hydrogen-bond acceptors (Lipinski definition) is 4. The zero-order valence-electron chi connectivity index (χ0n) is 13.4. The molecule has 1 atom stereocenters. The summed E-state index contributed by atoms with van der Waals surface area (Å²) in [5, 5.41) is 2.83. The summed E-state index contributed by atoms with van der Waals surface area (Å²) in [4.78, 5) is 11.5. The Balaban J connectivity index is 4.96. The lowest BCUT2D eigenvalue weighted by Crippen LogP contribution is -2.31. The van der Waals surface area contributed by atoms with Crippen LogP contribution in [-0.4, -0.2) is 25.3 Å². The number of ether oxygens (including phenoxy) is 1. The molecule has 5 nitrogen and oxygen atoms in total. The highest BCUT2D eigenvalue weighted by Crippen LogP contribution is 2.15. The van der Waals surface area contributed by atoms with Crippen molar-refractivity contribution in [1.82, 2.24) is 5.32 Å². The van der Waals surface area contributed by atoms with E-state index in [2.05, 4.69) is 5.32 Å². The van der Waals surface area contributed by atoms with E-state index >= 15 is 0 Å². The molecule has 0 heterocycles. The second-order valence-corrected chi connectivity index (χ2v) is 5.09. The third-order valence-corrected chi connectivity index (χ3v) is 2.82. The fourth-order valence-electron chi connectivity index (χ4n) is 1.72. The summed E-state index contributed by atoms with van der Waals surface area (Å²) in [5.74, 6) is -0.920. The summed E-state index contributed by atoms with van der Waals surface area (Å²) in [6, 6.07) is 0. The summed E-state index contributed by atoms with van der Waals surface area (Å²) >= 11 is 0. The number of halogens is 1. The Bertz CT molecular complexity index is 464. The molecule has 0 radical (unpaired) electrons. The molecule has 0 aliphatic carbocycles. The van der Waals surface area contributed by atoms with Crippen molar-refractivity contribution >= 4 is 5.91 Å². The van der Waals surface area contributed by atoms with E-state index in [1.54, 1.807) is 20.8 Å². The second kappa shape index (κ2) is 9.31. The molecular formula is C15H26FN3O2. The summed E-state index contributed by atoms with van der Waals surface area (Å²) in [5.41, 5.74) is 12.9. The van der Waals surface area contributed by atoms with E-state index in [9.17, 15) is 9.18 Å². The van der Waals surface area contributed by atoms with Crippen LogP contribution in [0, 0.1) is 0 Å². The minimum atomic E-state index is -0.590. The molecule has 0 aromatic heterocycles. The Labute approximate surface area is 125 Å². The Hall–Kier alpha value is -1.66. The molecule has 0 saturated carbocycles. The Morgan fingerprint density at radius 3 is 2.33 bits per heavy atom. The van der Waals surface area contributed by atoms with Crippen LogP contribution in [0.25, 0.3) is 0 Å². The van der Waals surface area contributed by atoms with Gasteiger partial charge in [-0.1, -0.05) is 5.57 Å². The molecule has 0 aliphatic heterocycles. The van der Waals surface area contributed by atoms with E-state index in [0.29, 0.717) is 16.8 Å². The highest BCUT2D eigenvalue weighted by Gasteiger charge is 2.18. The third kappa shape index (κ3) is 7.06. The van der Waals surface area contributed by atoms with E-state index in [1.807, 2.05) is 13.8 Å². The van der Waals surface area contributed by atoms with Gasteiger partial charge in [0.1, 0.15) is 5.83 Å². The molecule has 1 unspecified atom stereocenters. The van der Waals surface area contributed by atoms with Gasteiger partial charge in [0.25, 0.3) is 0 Å². The van der Waals surface area contributed by atoms with E-state index in [0.717, 1.165) is 5.57 Å². The number of amides is 1. The van der Waals surface area contributed by atoms with Crippen molar-refractivity contribution < 1.29 is 13.9 Å². The van der Waals surface area contributed by atoms with Crippen LogP contribution in [0.3, 0.4) is 0 Å². The molecule has 6 heteroatoms. The molecule has 0 aromatic carbocycles. The molecule has 5 N–H and O–H groups in total. The number of nitrogens with one attached hydrogen (secondary N) is 1. The average Bonchev–Trinajstić information content (AvgIpc) is 2.34. The SMILES string of the molecule is CC(C)=C/C(F)=C(\C)COC(C)/C(C(N)=O)=C(\C)NCN. The van der Waals surface area contributed by atoms with Crippen LogP contribution in [0.4, 0.5) is 4.39 Å². The number of carbonyl (C=O) groups is 1. The normalized spacial score (nSPS) is 14.8. The monoisotopic (exact) mass is 299 g/mol. The highest BCUT2D eigenvalue weighted by molar-refractivity contribution is 5.93. The van der Waals surface area contributed by atoms with Gasteiger partial charge in [0.05, 0.1) is 25.0 Å². The number of primary amides is 1. The van der Waals surface area contributed by atoms with Gasteiger partial charge in [0.15, 0.2) is 0 Å². The van der Waals surface area contributed by atoms with Crippen LogP contribution in [0.2, 0.25) is 0 Å². The van der Waals surface area contributed by atoms with Gasteiger partial charge in [-0.15, -0.1) is 0 Å². The maximum absolute atomic E-state index is 13.7. The van der Waals surface area contributed by atoms with Crippen molar-refractivity contribution in [3.63, 3.8) is 0 Å². The predicted molar refractivity (Wildman–Crippen MR) is 82.7 cm³/mol. The molecule has 0 saturated heterocycles. The molecule has 120 valence electrons. The Morgan fingerprint density at radius 2 is 1.90 bits per heavy atom. The first-order valence-electron chi connectivity index (χ1n) is 6.76. The maximum atomic E-state index is 13.7. The van der Waals surface area contributed by atoms with Crippen LogP contribution in [-0.2, 0) is 9.53 Å². The lowest BCUT2D eigenvalue weighted by molar-refractivity contribution is -0.115. The minimum Gasteiger partial charge on any atom is -0.376 e. The van der Waals surface area contributed by atoms with Crippen LogP contribution >= 0.6 is 0 Å². The second-order valence-electron chi connectivity index (χ2n) is 5.09. The quantitative estimate of drug-likeness (QED) is 0.362. The molecule has 1 amide bonds. The molecule has 0 bridgehead atoms. The van der Waals surface area contributed by atoms with Crippen molar-refractivity contribution in [3.05, 3.63) is 34.3 Å². The van der Waals surface area contributed by atoms with Crippen LogP contribution < -0.4 is 16.8 Å². The first-order valence-corrected chi connectivity index (χ1v) is 6.76. The molecule has 0 aromatic rings. The zero-order chi connectivity index (χ0) is 16.6. The number of rotatable bonds is 8. The average molecular weight is 299 g/mol. The van der Waals surface area contributed by atoms with E-state index in [1.165, 1.54) is 6.08 Å². The Kier molecular flexibility index (Phi) is 8.57. The lowest BCUT2D eigenvalue weighted by atomic mass is 10.1. The summed E-state index contributed by atoms with van der Waals surface area (Å²) < 4.78 is 19.3. The van der Waals surface area contributed by atoms with Crippen LogP contribution in [0.1, 0.15) is 34.6 Å². The van der Waals surface area contributed by atoms with Gasteiger partial charge in [0, 0.05) is 5.70 Å². The first-order chi connectivity index (χ1) is 9.70. The van der Waals surface area contributed by atoms with E-state index in [-0.39, 0.29) is 19.1 Å². The van der Waals surface area contributed by atoms with Gasteiger partial charge in [0.2, 0.25) is 5.91 Å². The predicted octanol–water partition coefficient (Wildman–Crippen LogP) is 1.87. The summed E-state index contributed by atoms with van der Waals surface area (Å²) in [6.07, 6.45) is 0.881. The molecule has 0 aliphatic rings. The number of carbonyl (C=O) groups excluding carboxylic acids is 1. The number of nitrogens with two attached hydrogens (primary N) is 2. The van der Waals surface area contributed by atoms with Crippen LogP contribution in [0.15, 0.2) is 34.3 Å². The van der Waals surface area contributed by atoms with E-state index in [4.69, 9.17) is 16.2 Å². The maximum Gasteiger partial charge on any atom is 0.248 e. The summed E-state index contributed by atoms with van der Waals surface area (Å²) in [6.45, 7) is 8.90. The largest absolute Gasteiger partial charge is 0.376 e. The lowest BCUT2D eigenvalue weighted by Gasteiger charge is -2.18. The highest BCUT2D eigenvalue weighted by atomic mass is 19.1. The smallest absolute Gasteiger partial charge is 0.248 e. The molecule has 21 heavy (non-hydrogen) atoms. The van der Waals surface area contributed by atoms with Gasteiger partial charge in [-0.25, -0.2) is 4.39 Å². The fraction of sp³-hybridized carbons (Fsp3) is 0.533. The van der Waals surface area contributed by atoms with Gasteiger partial charge in [-0.2, -0.15) is 0 Å². The number of allylic oxidation sites excluding steroid dienone is 4. The van der Waals surface area contributed by atoms with E-state index < -0.39 is 12.0 Å². The van der Waals surface area contributed by atoms with Crippen molar-refractivity contribution in [2.45, 2.75) is 40.7 Å². The first kappa shape index (κ1) is 19.3. The topological polar surface area (TPSA) is 90.4 Å². The molecular weight excluding hydrogens is 273 g/mol. The zero-order valence-corrected chi connectivity index (χ0v) is 13.4. The standard InChI is InChI=1S/C15H26FN3O2/c1-9(2)6-13(16)10(3)7-21-12(5)14(15(18)20)11(4)19-8-17/h6,12,19H,7-8,17H2,1-5H3,(H2,18,20)/b13-10-,14-11-. The van der Waals surface area contributed by atoms with Crippen LogP contribution in [0.5, 0.6) is 0 Å². The number of hydrogen-bond donors (Lipinski definition) is 3. The fourth-order valence-corrected chi connectivity index (χ4v) is 1.72. The van der Waals surface area contributed by atoms with Crippen molar-refractivity contribution in [2.75, 3.05) is 13.3 Å². The summed E-state index contributed by atoms with van der Waals surface area (Å²) in [7, 11) is 0.